The summed E-state index contributed by atoms with van der Waals surface area (Å²) in [4.78, 5) is 14.0. The fraction of sp³-hybridized carbons (Fsp3) is 0.824. The van der Waals surface area contributed by atoms with E-state index in [9.17, 15) is 4.79 Å². The molecule has 3 fully saturated rings. The summed E-state index contributed by atoms with van der Waals surface area (Å²) >= 11 is 0. The van der Waals surface area contributed by atoms with Gasteiger partial charge in [-0.25, -0.2) is 0 Å². The Bertz CT molecular complexity index is 518. The van der Waals surface area contributed by atoms with E-state index in [1.165, 1.54) is 0 Å². The Morgan fingerprint density at radius 2 is 1.95 bits per heavy atom. The highest BCUT2D eigenvalue weighted by Gasteiger charge is 2.47. The van der Waals surface area contributed by atoms with Gasteiger partial charge in [0.2, 0.25) is 5.91 Å². The molecule has 22 heavy (non-hydrogen) atoms. The van der Waals surface area contributed by atoms with Crippen LogP contribution in [0.4, 0.5) is 0 Å². The molecule has 118 valence electrons. The lowest BCUT2D eigenvalue weighted by Crippen LogP contribution is -2.48. The van der Waals surface area contributed by atoms with Gasteiger partial charge in [-0.05, 0) is 57.3 Å². The molecule has 1 unspecified atom stereocenters. The van der Waals surface area contributed by atoms with Crippen molar-refractivity contribution in [2.45, 2.75) is 57.0 Å². The number of carbonyl (C=O) groups excluding carboxylic acids is 1. The number of nitriles is 2. The van der Waals surface area contributed by atoms with Gasteiger partial charge < -0.3 is 10.2 Å². The molecule has 1 saturated heterocycles. The van der Waals surface area contributed by atoms with E-state index in [0.717, 1.165) is 38.5 Å². The van der Waals surface area contributed by atoms with Gasteiger partial charge >= 0.3 is 0 Å². The summed E-state index contributed by atoms with van der Waals surface area (Å²) in [7, 11) is 0. The summed E-state index contributed by atoms with van der Waals surface area (Å²) in [5.74, 6) is 1.56. The summed E-state index contributed by atoms with van der Waals surface area (Å²) in [5.41, 5.74) is 0.00723. The zero-order chi connectivity index (χ0) is 15.7. The van der Waals surface area contributed by atoms with Gasteiger partial charge in [-0.3, -0.25) is 4.79 Å². The number of likely N-dealkylation sites (tertiary alicyclic amines) is 1. The SMILES string of the molecule is C[C@@]1(NCC(=O)N2CCC[C@H]2C#N)C[C@H]2CC(C#N)C[C@H]2C1. The number of rotatable bonds is 3. The van der Waals surface area contributed by atoms with E-state index in [0.29, 0.717) is 24.9 Å². The number of hydrogen-bond donors (Lipinski definition) is 1. The van der Waals surface area contributed by atoms with Crippen LogP contribution in [-0.4, -0.2) is 35.5 Å². The molecule has 1 heterocycles. The molecule has 5 atom stereocenters. The summed E-state index contributed by atoms with van der Waals surface area (Å²) in [5, 5.41) is 21.6. The average Bonchev–Trinajstić information content (AvgIpc) is 3.17. The van der Waals surface area contributed by atoms with Crippen LogP contribution in [-0.2, 0) is 4.79 Å². The number of nitrogens with zero attached hydrogens (tertiary/aromatic N) is 3. The van der Waals surface area contributed by atoms with E-state index in [1.807, 2.05) is 0 Å². The van der Waals surface area contributed by atoms with E-state index in [2.05, 4.69) is 24.4 Å². The van der Waals surface area contributed by atoms with Crippen LogP contribution in [0.15, 0.2) is 0 Å². The molecule has 2 saturated carbocycles. The fourth-order valence-electron chi connectivity index (χ4n) is 4.79. The maximum absolute atomic E-state index is 12.3. The second-order valence-corrected chi connectivity index (χ2v) is 7.51. The van der Waals surface area contributed by atoms with Crippen molar-refractivity contribution >= 4 is 5.91 Å². The Balaban J connectivity index is 1.51. The van der Waals surface area contributed by atoms with Crippen LogP contribution in [0.2, 0.25) is 0 Å². The Morgan fingerprint density at radius 3 is 2.55 bits per heavy atom. The number of amides is 1. The van der Waals surface area contributed by atoms with Crippen LogP contribution in [0.25, 0.3) is 0 Å². The molecule has 2 aliphatic carbocycles. The molecule has 1 N–H and O–H groups in total. The lowest BCUT2D eigenvalue weighted by molar-refractivity contribution is -0.130. The molecule has 0 spiro atoms. The number of carbonyl (C=O) groups is 1. The molecular formula is C17H24N4O. The minimum atomic E-state index is -0.235. The third-order valence-corrected chi connectivity index (χ3v) is 5.84. The van der Waals surface area contributed by atoms with Crippen LogP contribution < -0.4 is 5.32 Å². The molecule has 5 heteroatoms. The van der Waals surface area contributed by atoms with Gasteiger partial charge in [0, 0.05) is 18.0 Å². The molecular weight excluding hydrogens is 276 g/mol. The van der Waals surface area contributed by atoms with Crippen molar-refractivity contribution in [3.63, 3.8) is 0 Å². The Hall–Kier alpha value is -1.59. The van der Waals surface area contributed by atoms with Crippen molar-refractivity contribution in [3.05, 3.63) is 0 Å². The van der Waals surface area contributed by atoms with Crippen LogP contribution in [0.3, 0.4) is 0 Å². The van der Waals surface area contributed by atoms with Gasteiger partial charge in [0.05, 0.1) is 18.7 Å². The Morgan fingerprint density at radius 1 is 1.27 bits per heavy atom. The Kier molecular flexibility index (Phi) is 4.10. The lowest BCUT2D eigenvalue weighted by atomic mass is 9.93. The quantitative estimate of drug-likeness (QED) is 0.862. The van der Waals surface area contributed by atoms with E-state index in [4.69, 9.17) is 10.5 Å². The van der Waals surface area contributed by atoms with Crippen LogP contribution in [0.1, 0.15) is 45.4 Å². The third kappa shape index (κ3) is 2.83. The highest BCUT2D eigenvalue weighted by atomic mass is 16.2. The first-order valence-electron chi connectivity index (χ1n) is 8.38. The molecule has 0 aromatic rings. The first-order valence-corrected chi connectivity index (χ1v) is 8.38. The number of fused-ring (bicyclic) bond motifs is 1. The minimum absolute atomic E-state index is 0.00723. The van der Waals surface area contributed by atoms with Crippen molar-refractivity contribution in [1.82, 2.24) is 10.2 Å². The fourth-order valence-corrected chi connectivity index (χ4v) is 4.79. The molecule has 3 aliphatic rings. The monoisotopic (exact) mass is 300 g/mol. The first-order chi connectivity index (χ1) is 10.5. The first kappa shape index (κ1) is 15.3. The average molecular weight is 300 g/mol. The predicted molar refractivity (Wildman–Crippen MR) is 81.3 cm³/mol. The molecule has 5 nitrogen and oxygen atoms in total. The predicted octanol–water partition coefficient (Wildman–Crippen LogP) is 1.81. The smallest absolute Gasteiger partial charge is 0.237 e. The molecule has 0 bridgehead atoms. The summed E-state index contributed by atoms with van der Waals surface area (Å²) in [6.45, 7) is 3.24. The van der Waals surface area contributed by atoms with Crippen LogP contribution in [0, 0.1) is 40.4 Å². The second-order valence-electron chi connectivity index (χ2n) is 7.51. The highest BCUT2D eigenvalue weighted by molar-refractivity contribution is 5.79. The summed E-state index contributed by atoms with van der Waals surface area (Å²) in [6.07, 6.45) is 5.90. The topological polar surface area (TPSA) is 79.9 Å². The van der Waals surface area contributed by atoms with Crippen LogP contribution >= 0.6 is 0 Å². The molecule has 3 rings (SSSR count). The molecule has 0 aromatic heterocycles. The van der Waals surface area contributed by atoms with Crippen molar-refractivity contribution in [1.29, 1.82) is 10.5 Å². The van der Waals surface area contributed by atoms with E-state index in [-0.39, 0.29) is 23.4 Å². The van der Waals surface area contributed by atoms with E-state index < -0.39 is 0 Å². The second kappa shape index (κ2) is 5.89. The Labute approximate surface area is 132 Å². The van der Waals surface area contributed by atoms with Crippen molar-refractivity contribution in [2.24, 2.45) is 17.8 Å². The van der Waals surface area contributed by atoms with E-state index >= 15 is 0 Å². The van der Waals surface area contributed by atoms with E-state index in [1.54, 1.807) is 4.90 Å². The van der Waals surface area contributed by atoms with Gasteiger partial charge in [-0.15, -0.1) is 0 Å². The lowest BCUT2D eigenvalue weighted by Gasteiger charge is -2.29. The van der Waals surface area contributed by atoms with Gasteiger partial charge in [0.25, 0.3) is 0 Å². The number of nitrogens with one attached hydrogen (secondary N) is 1. The van der Waals surface area contributed by atoms with Crippen molar-refractivity contribution in [3.8, 4) is 12.1 Å². The summed E-state index contributed by atoms with van der Waals surface area (Å²) < 4.78 is 0. The minimum Gasteiger partial charge on any atom is -0.326 e. The standard InChI is InChI=1S/C17H24N4O/c1-17(7-13-5-12(9-18)6-14(13)8-17)20-11-16(22)21-4-2-3-15(21)10-19/h12-15,20H,2-8,11H2,1H3/t12?,13-,14+,15-,17-/m0/s1. The highest BCUT2D eigenvalue weighted by Crippen LogP contribution is 2.50. The largest absolute Gasteiger partial charge is 0.326 e. The van der Waals surface area contributed by atoms with Crippen molar-refractivity contribution in [2.75, 3.05) is 13.1 Å². The zero-order valence-corrected chi connectivity index (χ0v) is 13.2. The summed E-state index contributed by atoms with van der Waals surface area (Å²) in [6, 6.07) is 4.39. The van der Waals surface area contributed by atoms with Crippen LogP contribution in [0.5, 0.6) is 0 Å². The van der Waals surface area contributed by atoms with Gasteiger partial charge in [0.15, 0.2) is 0 Å². The number of hydrogen-bond acceptors (Lipinski definition) is 4. The molecule has 0 radical (unpaired) electrons. The van der Waals surface area contributed by atoms with Gasteiger partial charge in [-0.2, -0.15) is 10.5 Å². The zero-order valence-electron chi connectivity index (χ0n) is 13.2. The van der Waals surface area contributed by atoms with Crippen molar-refractivity contribution < 1.29 is 4.79 Å². The molecule has 1 aliphatic heterocycles. The molecule has 1 amide bonds. The van der Waals surface area contributed by atoms with Gasteiger partial charge in [0.1, 0.15) is 6.04 Å². The normalized spacial score (nSPS) is 40.2. The molecule has 0 aromatic carbocycles. The maximum Gasteiger partial charge on any atom is 0.237 e. The third-order valence-electron chi connectivity index (χ3n) is 5.84. The maximum atomic E-state index is 12.3. The van der Waals surface area contributed by atoms with Gasteiger partial charge in [-0.1, -0.05) is 0 Å².